The fourth-order valence-corrected chi connectivity index (χ4v) is 3.20. The van der Waals surface area contributed by atoms with Crippen LogP contribution in [0.25, 0.3) is 0 Å². The van der Waals surface area contributed by atoms with Gasteiger partial charge in [-0.05, 0) is 62.4 Å². The topological polar surface area (TPSA) is 64.3 Å². The maximum absolute atomic E-state index is 11.5. The Bertz CT molecular complexity index is 483. The first kappa shape index (κ1) is 18.2. The van der Waals surface area contributed by atoms with Gasteiger partial charge in [-0.3, -0.25) is 4.79 Å². The van der Waals surface area contributed by atoms with Crippen molar-refractivity contribution in [2.24, 2.45) is 5.73 Å². The van der Waals surface area contributed by atoms with E-state index in [0.29, 0.717) is 12.3 Å². The number of hydrogen-bond acceptors (Lipinski definition) is 3. The number of amides is 1. The van der Waals surface area contributed by atoms with E-state index in [2.05, 4.69) is 50.7 Å². The molecule has 21 heavy (non-hydrogen) atoms. The van der Waals surface area contributed by atoms with Crippen LogP contribution >= 0.6 is 31.9 Å². The molecule has 0 aliphatic heterocycles. The molecular weight excluding hydrogens is 400 g/mol. The van der Waals surface area contributed by atoms with Crippen LogP contribution < -0.4 is 15.8 Å². The maximum atomic E-state index is 11.5. The standard InChI is InChI=1S/C15H20Br2N2O2/c1-3-5-19-14(20)9-21-15-12(16)7-10(8-13(15)17)6-11(18)4-2/h3,7-8,11H,1,4-6,9,18H2,2H3,(H,19,20). The van der Waals surface area contributed by atoms with E-state index in [9.17, 15) is 4.79 Å². The second kappa shape index (κ2) is 9.23. The molecule has 6 heteroatoms. The van der Waals surface area contributed by atoms with Gasteiger partial charge in [-0.2, -0.15) is 0 Å². The second-order valence-electron chi connectivity index (χ2n) is 4.64. The van der Waals surface area contributed by atoms with E-state index in [0.717, 1.165) is 27.4 Å². The minimum atomic E-state index is -0.189. The molecule has 0 aliphatic carbocycles. The van der Waals surface area contributed by atoms with Gasteiger partial charge in [-0.15, -0.1) is 6.58 Å². The molecule has 1 amide bonds. The number of hydrogen-bond donors (Lipinski definition) is 2. The number of nitrogens with two attached hydrogens (primary N) is 1. The lowest BCUT2D eigenvalue weighted by Gasteiger charge is -2.14. The fraction of sp³-hybridized carbons (Fsp3) is 0.400. The van der Waals surface area contributed by atoms with Crippen molar-refractivity contribution >= 4 is 37.8 Å². The van der Waals surface area contributed by atoms with Gasteiger partial charge in [0, 0.05) is 12.6 Å². The predicted octanol–water partition coefficient (Wildman–Crippen LogP) is 3.17. The zero-order valence-corrected chi connectivity index (χ0v) is 15.2. The van der Waals surface area contributed by atoms with Crippen LogP contribution in [-0.4, -0.2) is 25.1 Å². The van der Waals surface area contributed by atoms with E-state index in [-0.39, 0.29) is 18.6 Å². The van der Waals surface area contributed by atoms with Crippen molar-refractivity contribution < 1.29 is 9.53 Å². The van der Waals surface area contributed by atoms with Gasteiger partial charge in [0.25, 0.3) is 5.91 Å². The smallest absolute Gasteiger partial charge is 0.258 e. The lowest BCUT2D eigenvalue weighted by molar-refractivity contribution is -0.122. The van der Waals surface area contributed by atoms with Crippen LogP contribution in [0.4, 0.5) is 0 Å². The Hall–Kier alpha value is -0.850. The van der Waals surface area contributed by atoms with Gasteiger partial charge < -0.3 is 15.8 Å². The molecule has 0 aromatic heterocycles. The van der Waals surface area contributed by atoms with Crippen LogP contribution in [0, 0.1) is 0 Å². The Morgan fingerprint density at radius 3 is 2.62 bits per heavy atom. The third-order valence-electron chi connectivity index (χ3n) is 2.87. The molecule has 0 bridgehead atoms. The third-order valence-corrected chi connectivity index (χ3v) is 4.05. The van der Waals surface area contributed by atoms with Crippen molar-refractivity contribution in [1.82, 2.24) is 5.32 Å². The van der Waals surface area contributed by atoms with Crippen molar-refractivity contribution in [3.05, 3.63) is 39.3 Å². The van der Waals surface area contributed by atoms with Crippen LogP contribution in [0.5, 0.6) is 5.75 Å². The van der Waals surface area contributed by atoms with Gasteiger partial charge in [0.2, 0.25) is 0 Å². The first-order chi connectivity index (χ1) is 9.97. The summed E-state index contributed by atoms with van der Waals surface area (Å²) in [5.74, 6) is 0.420. The molecule has 0 saturated heterocycles. The molecule has 4 nitrogen and oxygen atoms in total. The molecule has 0 fully saturated rings. The zero-order valence-electron chi connectivity index (χ0n) is 12.0. The minimum Gasteiger partial charge on any atom is -0.481 e. The summed E-state index contributed by atoms with van der Waals surface area (Å²) < 4.78 is 7.14. The third kappa shape index (κ3) is 6.20. The summed E-state index contributed by atoms with van der Waals surface area (Å²) in [6.45, 7) is 5.99. The number of carbonyl (C=O) groups is 1. The number of carbonyl (C=O) groups excluding carboxylic acids is 1. The van der Waals surface area contributed by atoms with E-state index in [1.807, 2.05) is 12.1 Å². The largest absolute Gasteiger partial charge is 0.481 e. The van der Waals surface area contributed by atoms with Crippen LogP contribution in [0.1, 0.15) is 18.9 Å². The van der Waals surface area contributed by atoms with Crippen molar-refractivity contribution in [3.63, 3.8) is 0 Å². The summed E-state index contributed by atoms with van der Waals surface area (Å²) in [6.07, 6.45) is 3.35. The van der Waals surface area contributed by atoms with Crippen LogP contribution in [0.15, 0.2) is 33.7 Å². The molecule has 0 aliphatic rings. The number of ether oxygens (including phenoxy) is 1. The van der Waals surface area contributed by atoms with Crippen molar-refractivity contribution in [2.75, 3.05) is 13.2 Å². The molecular formula is C15H20Br2N2O2. The van der Waals surface area contributed by atoms with Gasteiger partial charge in [-0.25, -0.2) is 0 Å². The average Bonchev–Trinajstić information content (AvgIpc) is 2.43. The Labute approximate surface area is 142 Å². The molecule has 1 aromatic rings. The summed E-state index contributed by atoms with van der Waals surface area (Å²) in [5, 5.41) is 2.66. The van der Waals surface area contributed by atoms with E-state index in [1.165, 1.54) is 0 Å². The van der Waals surface area contributed by atoms with Crippen LogP contribution in [0.3, 0.4) is 0 Å². The van der Waals surface area contributed by atoms with Gasteiger partial charge in [0.1, 0.15) is 5.75 Å². The number of nitrogens with one attached hydrogen (secondary N) is 1. The highest BCUT2D eigenvalue weighted by Crippen LogP contribution is 2.35. The lowest BCUT2D eigenvalue weighted by Crippen LogP contribution is -2.28. The Morgan fingerprint density at radius 2 is 2.10 bits per heavy atom. The monoisotopic (exact) mass is 418 g/mol. The quantitative estimate of drug-likeness (QED) is 0.636. The van der Waals surface area contributed by atoms with Gasteiger partial charge >= 0.3 is 0 Å². The van der Waals surface area contributed by atoms with Gasteiger partial charge in [-0.1, -0.05) is 13.0 Å². The zero-order chi connectivity index (χ0) is 15.8. The molecule has 0 spiro atoms. The van der Waals surface area contributed by atoms with Crippen LogP contribution in [0.2, 0.25) is 0 Å². The highest BCUT2D eigenvalue weighted by atomic mass is 79.9. The lowest BCUT2D eigenvalue weighted by atomic mass is 10.0. The summed E-state index contributed by atoms with van der Waals surface area (Å²) in [4.78, 5) is 11.5. The van der Waals surface area contributed by atoms with E-state index >= 15 is 0 Å². The molecule has 0 heterocycles. The molecule has 0 saturated carbocycles. The first-order valence-electron chi connectivity index (χ1n) is 6.71. The highest BCUT2D eigenvalue weighted by Gasteiger charge is 2.12. The fourth-order valence-electron chi connectivity index (χ4n) is 1.69. The Balaban J connectivity index is 2.71. The summed E-state index contributed by atoms with van der Waals surface area (Å²) in [7, 11) is 0. The molecule has 1 atom stereocenters. The second-order valence-corrected chi connectivity index (χ2v) is 6.35. The van der Waals surface area contributed by atoms with Crippen molar-refractivity contribution in [1.29, 1.82) is 0 Å². The molecule has 116 valence electrons. The van der Waals surface area contributed by atoms with E-state index < -0.39 is 0 Å². The molecule has 1 rings (SSSR count). The van der Waals surface area contributed by atoms with Crippen LogP contribution in [-0.2, 0) is 11.2 Å². The first-order valence-corrected chi connectivity index (χ1v) is 8.30. The molecule has 1 aromatic carbocycles. The highest BCUT2D eigenvalue weighted by molar-refractivity contribution is 9.11. The normalized spacial score (nSPS) is 11.8. The molecule has 3 N–H and O–H groups in total. The summed E-state index contributed by atoms with van der Waals surface area (Å²) in [5.41, 5.74) is 7.08. The summed E-state index contributed by atoms with van der Waals surface area (Å²) >= 11 is 6.94. The Kier molecular flexibility index (Phi) is 8.00. The van der Waals surface area contributed by atoms with Crippen molar-refractivity contribution in [3.8, 4) is 5.75 Å². The molecule has 1 unspecified atom stereocenters. The minimum absolute atomic E-state index is 0.0428. The maximum Gasteiger partial charge on any atom is 0.258 e. The summed E-state index contributed by atoms with van der Waals surface area (Å²) in [6, 6.07) is 4.08. The average molecular weight is 420 g/mol. The predicted molar refractivity (Wildman–Crippen MR) is 92.5 cm³/mol. The number of benzene rings is 1. The van der Waals surface area contributed by atoms with Gasteiger partial charge in [0.15, 0.2) is 6.61 Å². The number of rotatable bonds is 8. The van der Waals surface area contributed by atoms with Crippen molar-refractivity contribution in [2.45, 2.75) is 25.8 Å². The molecule has 0 radical (unpaired) electrons. The SMILES string of the molecule is C=CCNC(=O)COc1c(Br)cc(CC(N)CC)cc1Br. The number of halogens is 2. The van der Waals surface area contributed by atoms with E-state index in [1.54, 1.807) is 6.08 Å². The van der Waals surface area contributed by atoms with Gasteiger partial charge in [0.05, 0.1) is 8.95 Å². The Morgan fingerprint density at radius 1 is 1.48 bits per heavy atom. The van der Waals surface area contributed by atoms with E-state index in [4.69, 9.17) is 10.5 Å².